The van der Waals surface area contributed by atoms with E-state index in [4.69, 9.17) is 10.3 Å². The molecule has 5 heteroatoms. The lowest BCUT2D eigenvalue weighted by Gasteiger charge is -1.92. The first kappa shape index (κ1) is 8.93. The summed E-state index contributed by atoms with van der Waals surface area (Å²) in [6, 6.07) is 3.96. The van der Waals surface area contributed by atoms with E-state index in [1.807, 2.05) is 12.1 Å². The third-order valence-electron chi connectivity index (χ3n) is 1.66. The van der Waals surface area contributed by atoms with Crippen molar-refractivity contribution >= 4 is 27.3 Å². The molecule has 0 unspecified atom stereocenters. The van der Waals surface area contributed by atoms with Gasteiger partial charge in [-0.1, -0.05) is 5.16 Å². The monoisotopic (exact) mass is 258 g/mol. The number of halogens is 1. The fourth-order valence-electron chi connectivity index (χ4n) is 1.04. The van der Waals surface area contributed by atoms with Gasteiger partial charge >= 0.3 is 0 Å². The second-order valence-corrected chi connectivity index (χ2v) is 4.95. The van der Waals surface area contributed by atoms with Crippen LogP contribution >= 0.6 is 27.3 Å². The first-order valence-electron chi connectivity index (χ1n) is 3.70. The van der Waals surface area contributed by atoms with Gasteiger partial charge in [0.2, 0.25) is 0 Å². The quantitative estimate of drug-likeness (QED) is 0.901. The van der Waals surface area contributed by atoms with Gasteiger partial charge in [0.25, 0.3) is 0 Å². The molecule has 2 N–H and O–H groups in total. The lowest BCUT2D eigenvalue weighted by atomic mass is 10.2. The standard InChI is InChI=1S/C8H7BrN2OS/c9-7-2-1-6(13-7)8-5(3-10)4-11-12-8/h1-2,4H,3,10H2. The van der Waals surface area contributed by atoms with E-state index in [0.717, 1.165) is 20.0 Å². The van der Waals surface area contributed by atoms with E-state index in [2.05, 4.69) is 21.1 Å². The van der Waals surface area contributed by atoms with Crippen molar-refractivity contribution in [1.82, 2.24) is 5.16 Å². The van der Waals surface area contributed by atoms with Gasteiger partial charge in [0.1, 0.15) is 0 Å². The highest BCUT2D eigenvalue weighted by Crippen LogP contribution is 2.32. The van der Waals surface area contributed by atoms with Gasteiger partial charge in [-0.2, -0.15) is 0 Å². The van der Waals surface area contributed by atoms with Crippen LogP contribution in [-0.4, -0.2) is 5.16 Å². The normalized spacial score (nSPS) is 10.6. The third-order valence-corrected chi connectivity index (χ3v) is 3.28. The Morgan fingerprint density at radius 3 is 3.00 bits per heavy atom. The summed E-state index contributed by atoms with van der Waals surface area (Å²) < 4.78 is 6.19. The fourth-order valence-corrected chi connectivity index (χ4v) is 2.44. The maximum atomic E-state index is 5.53. The number of aromatic nitrogens is 1. The highest BCUT2D eigenvalue weighted by molar-refractivity contribution is 9.11. The molecule has 2 heterocycles. The Balaban J connectivity index is 2.45. The molecular formula is C8H7BrN2OS. The van der Waals surface area contributed by atoms with E-state index in [9.17, 15) is 0 Å². The molecule has 0 amide bonds. The molecular weight excluding hydrogens is 252 g/mol. The van der Waals surface area contributed by atoms with Crippen LogP contribution in [0.15, 0.2) is 26.6 Å². The van der Waals surface area contributed by atoms with Crippen molar-refractivity contribution < 1.29 is 4.52 Å². The first-order valence-corrected chi connectivity index (χ1v) is 5.31. The van der Waals surface area contributed by atoms with Crippen molar-refractivity contribution in [2.75, 3.05) is 0 Å². The van der Waals surface area contributed by atoms with Crippen LogP contribution in [-0.2, 0) is 6.54 Å². The second-order valence-electron chi connectivity index (χ2n) is 2.49. The molecule has 0 aliphatic heterocycles. The van der Waals surface area contributed by atoms with E-state index in [1.54, 1.807) is 17.5 Å². The van der Waals surface area contributed by atoms with E-state index >= 15 is 0 Å². The van der Waals surface area contributed by atoms with Crippen molar-refractivity contribution in [3.8, 4) is 10.6 Å². The molecule has 2 rings (SSSR count). The van der Waals surface area contributed by atoms with Gasteiger partial charge in [0.05, 0.1) is 14.9 Å². The van der Waals surface area contributed by atoms with Crippen molar-refractivity contribution in [2.45, 2.75) is 6.54 Å². The maximum Gasteiger partial charge on any atom is 0.181 e. The van der Waals surface area contributed by atoms with Gasteiger partial charge in [-0.05, 0) is 28.1 Å². The number of hydrogen-bond donors (Lipinski definition) is 1. The van der Waals surface area contributed by atoms with Gasteiger partial charge in [-0.25, -0.2) is 0 Å². The molecule has 0 atom stereocenters. The Kier molecular flexibility index (Phi) is 2.48. The molecule has 0 saturated carbocycles. The molecule has 0 aliphatic rings. The Hall–Kier alpha value is -0.650. The Morgan fingerprint density at radius 1 is 1.54 bits per heavy atom. The molecule has 0 radical (unpaired) electrons. The minimum atomic E-state index is 0.453. The highest BCUT2D eigenvalue weighted by Gasteiger charge is 2.10. The van der Waals surface area contributed by atoms with Gasteiger partial charge in [-0.3, -0.25) is 0 Å². The average Bonchev–Trinajstić information content (AvgIpc) is 2.71. The van der Waals surface area contributed by atoms with Crippen LogP contribution in [0, 0.1) is 0 Å². The number of hydrogen-bond acceptors (Lipinski definition) is 4. The molecule has 13 heavy (non-hydrogen) atoms. The smallest absolute Gasteiger partial charge is 0.181 e. The second kappa shape index (κ2) is 3.61. The van der Waals surface area contributed by atoms with Crippen molar-refractivity contribution in [3.63, 3.8) is 0 Å². The molecule has 68 valence electrons. The lowest BCUT2D eigenvalue weighted by Crippen LogP contribution is -1.95. The summed E-state index contributed by atoms with van der Waals surface area (Å²) in [5.74, 6) is 0.776. The fraction of sp³-hybridized carbons (Fsp3) is 0.125. The maximum absolute atomic E-state index is 5.53. The molecule has 0 fully saturated rings. The first-order chi connectivity index (χ1) is 6.31. The third kappa shape index (κ3) is 1.67. The van der Waals surface area contributed by atoms with Gasteiger partial charge in [-0.15, -0.1) is 11.3 Å². The van der Waals surface area contributed by atoms with Gasteiger partial charge in [0, 0.05) is 12.1 Å². The lowest BCUT2D eigenvalue weighted by molar-refractivity contribution is 0.432. The number of thiophene rings is 1. The number of rotatable bonds is 2. The molecule has 0 aliphatic carbocycles. The summed E-state index contributed by atoms with van der Waals surface area (Å²) >= 11 is 4.99. The molecule has 0 bridgehead atoms. The average molecular weight is 259 g/mol. The van der Waals surface area contributed by atoms with Crippen LogP contribution in [0.5, 0.6) is 0 Å². The van der Waals surface area contributed by atoms with Gasteiger partial charge < -0.3 is 10.3 Å². The zero-order chi connectivity index (χ0) is 9.26. The zero-order valence-electron chi connectivity index (χ0n) is 6.66. The van der Waals surface area contributed by atoms with Crippen LogP contribution in [0.25, 0.3) is 10.6 Å². The molecule has 0 saturated heterocycles. The van der Waals surface area contributed by atoms with Crippen LogP contribution in [0.1, 0.15) is 5.56 Å². The summed E-state index contributed by atoms with van der Waals surface area (Å²) in [5, 5.41) is 3.71. The van der Waals surface area contributed by atoms with Gasteiger partial charge in [0.15, 0.2) is 5.76 Å². The van der Waals surface area contributed by atoms with Crippen LogP contribution < -0.4 is 5.73 Å². The topological polar surface area (TPSA) is 52.0 Å². The predicted molar refractivity (Wildman–Crippen MR) is 55.4 cm³/mol. The van der Waals surface area contributed by atoms with Crippen LogP contribution in [0.3, 0.4) is 0 Å². The highest BCUT2D eigenvalue weighted by atomic mass is 79.9. The Labute approximate surface area is 87.7 Å². The number of nitrogens with zero attached hydrogens (tertiary/aromatic N) is 1. The van der Waals surface area contributed by atoms with Crippen molar-refractivity contribution in [2.24, 2.45) is 5.73 Å². The van der Waals surface area contributed by atoms with Crippen LogP contribution in [0.4, 0.5) is 0 Å². The SMILES string of the molecule is NCc1cnoc1-c1ccc(Br)s1. The summed E-state index contributed by atoms with van der Waals surface area (Å²) in [7, 11) is 0. The summed E-state index contributed by atoms with van der Waals surface area (Å²) in [5.41, 5.74) is 6.47. The predicted octanol–water partition coefficient (Wildman–Crippen LogP) is 2.62. The van der Waals surface area contributed by atoms with E-state index in [-0.39, 0.29) is 0 Å². The molecule has 2 aromatic heterocycles. The molecule has 0 spiro atoms. The van der Waals surface area contributed by atoms with E-state index < -0.39 is 0 Å². The molecule has 0 aromatic carbocycles. The van der Waals surface area contributed by atoms with Crippen molar-refractivity contribution in [3.05, 3.63) is 27.7 Å². The molecule has 2 aromatic rings. The summed E-state index contributed by atoms with van der Waals surface area (Å²) in [6.45, 7) is 0.453. The van der Waals surface area contributed by atoms with E-state index in [1.165, 1.54) is 0 Å². The Bertz CT molecular complexity index is 410. The molecule has 3 nitrogen and oxygen atoms in total. The minimum Gasteiger partial charge on any atom is -0.355 e. The minimum absolute atomic E-state index is 0.453. The Morgan fingerprint density at radius 2 is 2.38 bits per heavy atom. The van der Waals surface area contributed by atoms with Crippen LogP contribution in [0.2, 0.25) is 0 Å². The summed E-state index contributed by atoms with van der Waals surface area (Å²) in [4.78, 5) is 1.05. The summed E-state index contributed by atoms with van der Waals surface area (Å²) in [6.07, 6.45) is 1.66. The zero-order valence-corrected chi connectivity index (χ0v) is 9.06. The largest absolute Gasteiger partial charge is 0.355 e. The number of nitrogens with two attached hydrogens (primary N) is 1. The van der Waals surface area contributed by atoms with E-state index in [0.29, 0.717) is 6.54 Å². The van der Waals surface area contributed by atoms with Crippen molar-refractivity contribution in [1.29, 1.82) is 0 Å².